The summed E-state index contributed by atoms with van der Waals surface area (Å²) in [6.07, 6.45) is 0. The average Bonchev–Trinajstić information content (AvgIpc) is 2.95. The first-order valence-electron chi connectivity index (χ1n) is 13.6. The van der Waals surface area contributed by atoms with Gasteiger partial charge in [-0.3, -0.25) is 0 Å². The third-order valence-electron chi connectivity index (χ3n) is 4.50. The first-order valence-corrected chi connectivity index (χ1v) is 13.6. The van der Waals surface area contributed by atoms with Crippen molar-refractivity contribution in [2.75, 3.05) is 166 Å². The molecule has 39 heavy (non-hydrogen) atoms. The van der Waals surface area contributed by atoms with Crippen LogP contribution in [0, 0.1) is 0 Å². The maximum absolute atomic E-state index is 5.46. The van der Waals surface area contributed by atoms with Gasteiger partial charge in [0.1, 0.15) is 0 Å². The largest absolute Gasteiger partial charge is 0.382 e. The molecule has 0 aromatic heterocycles. The number of rotatable bonds is 36. The zero-order chi connectivity index (χ0) is 28.2. The van der Waals surface area contributed by atoms with Crippen molar-refractivity contribution in [2.45, 2.75) is 0 Å². The van der Waals surface area contributed by atoms with Gasteiger partial charge in [0.25, 0.3) is 0 Å². The van der Waals surface area contributed by atoms with Crippen LogP contribution in [0.15, 0.2) is 0 Å². The molecule has 14 heteroatoms. The Morgan fingerprint density at radius 2 is 0.410 bits per heavy atom. The summed E-state index contributed by atoms with van der Waals surface area (Å²) in [6, 6.07) is 0. The molecular formula is C25H53NO13. The summed E-state index contributed by atoms with van der Waals surface area (Å²) < 4.78 is 64.2. The van der Waals surface area contributed by atoms with E-state index in [4.69, 9.17) is 62.7 Å². The van der Waals surface area contributed by atoms with E-state index in [9.17, 15) is 0 Å². The Morgan fingerprint density at radius 1 is 0.256 bits per heavy atom. The van der Waals surface area contributed by atoms with E-state index in [0.717, 1.165) is 0 Å². The molecule has 0 atom stereocenters. The molecule has 0 amide bonds. The van der Waals surface area contributed by atoms with Gasteiger partial charge < -0.3 is 61.7 Å². The Balaban J connectivity index is 3.01. The predicted octanol–water partition coefficient (Wildman–Crippen LogP) is -0.294. The molecule has 0 spiro atoms. The summed E-state index contributed by atoms with van der Waals surface area (Å²) >= 11 is 0. The van der Waals surface area contributed by atoms with E-state index in [0.29, 0.717) is 159 Å². The highest BCUT2D eigenvalue weighted by Gasteiger charge is 1.96. The molecule has 0 saturated carbocycles. The Hall–Kier alpha value is -0.560. The fraction of sp³-hybridized carbons (Fsp3) is 1.00. The SMILES string of the molecule is COCCOCCOCCOCCOCCOCCOCCOCCOCCOCCOCCOCCON. The lowest BCUT2D eigenvalue weighted by atomic mass is 10.6. The Labute approximate surface area is 233 Å². The summed E-state index contributed by atoms with van der Waals surface area (Å²) in [6.45, 7) is 12.4. The van der Waals surface area contributed by atoms with Crippen LogP contribution in [0.25, 0.3) is 0 Å². The van der Waals surface area contributed by atoms with Crippen LogP contribution in [-0.2, 0) is 61.7 Å². The van der Waals surface area contributed by atoms with Crippen LogP contribution in [0.3, 0.4) is 0 Å². The van der Waals surface area contributed by atoms with Gasteiger partial charge in [0.05, 0.1) is 159 Å². The molecule has 0 aliphatic heterocycles. The van der Waals surface area contributed by atoms with Gasteiger partial charge in [-0.1, -0.05) is 0 Å². The number of methoxy groups -OCH3 is 1. The first-order chi connectivity index (χ1) is 19.4. The molecule has 0 aromatic rings. The molecule has 0 heterocycles. The monoisotopic (exact) mass is 575 g/mol. The third kappa shape index (κ3) is 37.4. The highest BCUT2D eigenvalue weighted by atomic mass is 16.6. The molecule has 0 aromatic carbocycles. The second-order valence-corrected chi connectivity index (χ2v) is 7.60. The predicted molar refractivity (Wildman–Crippen MR) is 141 cm³/mol. The van der Waals surface area contributed by atoms with E-state index < -0.39 is 0 Å². The fourth-order valence-corrected chi connectivity index (χ4v) is 2.55. The average molecular weight is 576 g/mol. The van der Waals surface area contributed by atoms with Gasteiger partial charge in [0.2, 0.25) is 0 Å². The summed E-state index contributed by atoms with van der Waals surface area (Å²) in [5.41, 5.74) is 0. The fourth-order valence-electron chi connectivity index (χ4n) is 2.55. The number of ether oxygens (including phenoxy) is 12. The van der Waals surface area contributed by atoms with Crippen molar-refractivity contribution in [1.29, 1.82) is 0 Å². The number of nitrogens with two attached hydrogens (primary N) is 1. The summed E-state index contributed by atoms with van der Waals surface area (Å²) in [5, 5.41) is 0. The summed E-state index contributed by atoms with van der Waals surface area (Å²) in [5.74, 6) is 4.88. The molecule has 0 rings (SSSR count). The summed E-state index contributed by atoms with van der Waals surface area (Å²) in [4.78, 5) is 4.39. The van der Waals surface area contributed by atoms with Crippen molar-refractivity contribution in [3.05, 3.63) is 0 Å². The highest BCUT2D eigenvalue weighted by molar-refractivity contribution is 4.39. The lowest BCUT2D eigenvalue weighted by Gasteiger charge is -2.09. The minimum absolute atomic E-state index is 0.374. The van der Waals surface area contributed by atoms with E-state index >= 15 is 0 Å². The van der Waals surface area contributed by atoms with Crippen LogP contribution in [0.5, 0.6) is 0 Å². The lowest BCUT2D eigenvalue weighted by Crippen LogP contribution is -2.15. The van der Waals surface area contributed by atoms with Gasteiger partial charge in [-0.15, -0.1) is 0 Å². The zero-order valence-electron chi connectivity index (χ0n) is 23.9. The molecule has 2 N–H and O–H groups in total. The van der Waals surface area contributed by atoms with Crippen molar-refractivity contribution >= 4 is 0 Å². The van der Waals surface area contributed by atoms with E-state index in [1.807, 2.05) is 0 Å². The molecule has 0 aliphatic carbocycles. The van der Waals surface area contributed by atoms with Crippen molar-refractivity contribution in [3.63, 3.8) is 0 Å². The van der Waals surface area contributed by atoms with E-state index in [1.54, 1.807) is 7.11 Å². The first kappa shape index (κ1) is 38.4. The van der Waals surface area contributed by atoms with Crippen LogP contribution in [-0.4, -0.2) is 166 Å². The third-order valence-corrected chi connectivity index (χ3v) is 4.50. The topological polar surface area (TPSA) is 146 Å². The van der Waals surface area contributed by atoms with Crippen LogP contribution >= 0.6 is 0 Å². The van der Waals surface area contributed by atoms with E-state index in [-0.39, 0.29) is 0 Å². The van der Waals surface area contributed by atoms with Gasteiger partial charge in [0.15, 0.2) is 0 Å². The Bertz CT molecular complexity index is 391. The van der Waals surface area contributed by atoms with E-state index in [2.05, 4.69) is 4.84 Å². The molecule has 0 aliphatic rings. The van der Waals surface area contributed by atoms with Gasteiger partial charge in [-0.2, -0.15) is 0 Å². The second-order valence-electron chi connectivity index (χ2n) is 7.60. The van der Waals surface area contributed by atoms with Crippen molar-refractivity contribution in [1.82, 2.24) is 0 Å². The van der Waals surface area contributed by atoms with Gasteiger partial charge in [-0.25, -0.2) is 5.90 Å². The zero-order valence-corrected chi connectivity index (χ0v) is 23.9. The van der Waals surface area contributed by atoms with Crippen LogP contribution in [0.2, 0.25) is 0 Å². The molecule has 236 valence electrons. The molecule has 0 radical (unpaired) electrons. The van der Waals surface area contributed by atoms with Gasteiger partial charge >= 0.3 is 0 Å². The van der Waals surface area contributed by atoms with Crippen molar-refractivity contribution in [3.8, 4) is 0 Å². The smallest absolute Gasteiger partial charge is 0.0913 e. The normalized spacial score (nSPS) is 11.5. The maximum atomic E-state index is 5.46. The number of hydrogen-bond acceptors (Lipinski definition) is 14. The second kappa shape index (κ2) is 37.4. The van der Waals surface area contributed by atoms with E-state index in [1.165, 1.54) is 0 Å². The van der Waals surface area contributed by atoms with Crippen LogP contribution < -0.4 is 5.90 Å². The molecular weight excluding hydrogens is 522 g/mol. The van der Waals surface area contributed by atoms with Gasteiger partial charge in [-0.05, 0) is 0 Å². The van der Waals surface area contributed by atoms with Crippen LogP contribution in [0.4, 0.5) is 0 Å². The highest BCUT2D eigenvalue weighted by Crippen LogP contribution is 1.87. The quantitative estimate of drug-likeness (QED) is 0.0771. The standard InChI is InChI=1S/C25H53NO13/c1-27-2-3-28-4-5-29-6-7-30-8-9-31-10-11-32-12-13-33-14-15-34-16-17-35-18-19-36-20-21-37-22-23-38-24-25-39-26/h2-26H2,1H3. The minimum atomic E-state index is 0.374. The molecule has 14 nitrogen and oxygen atoms in total. The molecule has 0 bridgehead atoms. The van der Waals surface area contributed by atoms with Crippen molar-refractivity contribution < 1.29 is 61.7 Å². The summed E-state index contributed by atoms with van der Waals surface area (Å²) in [7, 11) is 1.64. The lowest BCUT2D eigenvalue weighted by molar-refractivity contribution is -0.0287. The Morgan fingerprint density at radius 3 is 0.564 bits per heavy atom. The van der Waals surface area contributed by atoms with Gasteiger partial charge in [0, 0.05) is 7.11 Å². The number of hydrogen-bond donors (Lipinski definition) is 1. The Kier molecular flexibility index (Phi) is 36.9. The molecule has 0 saturated heterocycles. The maximum Gasteiger partial charge on any atom is 0.0913 e. The molecule has 0 unspecified atom stereocenters. The minimum Gasteiger partial charge on any atom is -0.382 e. The molecule has 0 fully saturated rings. The van der Waals surface area contributed by atoms with Crippen LogP contribution in [0.1, 0.15) is 0 Å². The van der Waals surface area contributed by atoms with Crippen molar-refractivity contribution in [2.24, 2.45) is 5.90 Å².